The third-order valence-corrected chi connectivity index (χ3v) is 4.75. The smallest absolute Gasteiger partial charge is 0.261 e. The molecule has 1 heterocycles. The summed E-state index contributed by atoms with van der Waals surface area (Å²) in [6, 6.07) is 6.81. The number of amides is 2. The molecule has 1 aromatic rings. The van der Waals surface area contributed by atoms with Crippen LogP contribution in [0.4, 0.5) is 0 Å². The Hall–Kier alpha value is -2.36. The van der Waals surface area contributed by atoms with Crippen LogP contribution in [0.15, 0.2) is 24.3 Å². The summed E-state index contributed by atoms with van der Waals surface area (Å²) in [4.78, 5) is 25.7. The largest absolute Gasteiger partial charge is 0.377 e. The molecule has 2 amide bonds. The molecule has 0 atom stereocenters. The SMILES string of the molecule is C#CCOCCOCCOCCOCCOCCOCCOCCN1C(=O)c2ccccc2C1=O. The third-order valence-electron chi connectivity index (χ3n) is 4.75. The number of ether oxygens (including phenoxy) is 7. The Balaban J connectivity index is 1.28. The molecule has 1 aromatic carbocycles. The van der Waals surface area contributed by atoms with Gasteiger partial charge in [0.05, 0.1) is 104 Å². The normalized spacial score (nSPS) is 12.8. The number of imide groups is 1. The predicted molar refractivity (Wildman–Crippen MR) is 126 cm³/mol. The van der Waals surface area contributed by atoms with Crippen molar-refractivity contribution in [1.82, 2.24) is 4.90 Å². The molecule has 0 saturated heterocycles. The van der Waals surface area contributed by atoms with Crippen molar-refractivity contribution in [3.8, 4) is 12.3 Å². The average Bonchev–Trinajstić information content (AvgIpc) is 3.12. The van der Waals surface area contributed by atoms with Crippen molar-refractivity contribution in [2.45, 2.75) is 0 Å². The van der Waals surface area contributed by atoms with Gasteiger partial charge < -0.3 is 33.2 Å². The first-order chi connectivity index (χ1) is 17.3. The Labute approximate surface area is 206 Å². The fourth-order valence-electron chi connectivity index (χ4n) is 3.05. The van der Waals surface area contributed by atoms with Crippen molar-refractivity contribution >= 4 is 11.8 Å². The van der Waals surface area contributed by atoms with Crippen LogP contribution in [-0.2, 0) is 33.2 Å². The monoisotopic (exact) mass is 493 g/mol. The van der Waals surface area contributed by atoms with E-state index in [1.807, 2.05) is 0 Å². The molecular formula is C25H35NO9. The maximum absolute atomic E-state index is 12.2. The molecule has 0 spiro atoms. The van der Waals surface area contributed by atoms with E-state index in [2.05, 4.69) is 5.92 Å². The summed E-state index contributed by atoms with van der Waals surface area (Å²) in [6.45, 7) is 6.37. The zero-order chi connectivity index (χ0) is 25.0. The molecule has 0 bridgehead atoms. The highest BCUT2D eigenvalue weighted by Gasteiger charge is 2.34. The fourth-order valence-corrected chi connectivity index (χ4v) is 3.05. The van der Waals surface area contributed by atoms with Crippen molar-refractivity contribution in [2.75, 3.05) is 99.0 Å². The van der Waals surface area contributed by atoms with Gasteiger partial charge in [0, 0.05) is 0 Å². The van der Waals surface area contributed by atoms with Gasteiger partial charge in [0.15, 0.2) is 0 Å². The van der Waals surface area contributed by atoms with Crippen LogP contribution in [0.3, 0.4) is 0 Å². The molecule has 1 aliphatic heterocycles. The summed E-state index contributed by atoms with van der Waals surface area (Å²) in [7, 11) is 0. The highest BCUT2D eigenvalue weighted by atomic mass is 16.6. The van der Waals surface area contributed by atoms with E-state index in [9.17, 15) is 9.59 Å². The molecular weight excluding hydrogens is 458 g/mol. The van der Waals surface area contributed by atoms with E-state index in [4.69, 9.17) is 39.6 Å². The molecule has 1 aliphatic rings. The van der Waals surface area contributed by atoms with Gasteiger partial charge in [-0.05, 0) is 12.1 Å². The first-order valence-electron chi connectivity index (χ1n) is 11.7. The lowest BCUT2D eigenvalue weighted by atomic mass is 10.1. The molecule has 10 heteroatoms. The number of carbonyl (C=O) groups is 2. The van der Waals surface area contributed by atoms with Gasteiger partial charge >= 0.3 is 0 Å². The Bertz CT molecular complexity index is 745. The van der Waals surface area contributed by atoms with Crippen molar-refractivity contribution in [2.24, 2.45) is 0 Å². The molecule has 10 nitrogen and oxygen atoms in total. The van der Waals surface area contributed by atoms with E-state index >= 15 is 0 Å². The van der Waals surface area contributed by atoms with Crippen LogP contribution in [-0.4, -0.2) is 116 Å². The highest BCUT2D eigenvalue weighted by molar-refractivity contribution is 6.21. The Morgan fingerprint density at radius 3 is 1.29 bits per heavy atom. The van der Waals surface area contributed by atoms with Crippen LogP contribution in [0.1, 0.15) is 20.7 Å². The van der Waals surface area contributed by atoms with Crippen LogP contribution in [0.25, 0.3) is 0 Å². The van der Waals surface area contributed by atoms with E-state index in [1.54, 1.807) is 24.3 Å². The summed E-state index contributed by atoms with van der Waals surface area (Å²) >= 11 is 0. The minimum Gasteiger partial charge on any atom is -0.377 e. The Kier molecular flexibility index (Phi) is 15.6. The number of terminal acetylenes is 1. The van der Waals surface area contributed by atoms with Crippen molar-refractivity contribution in [3.63, 3.8) is 0 Å². The van der Waals surface area contributed by atoms with Gasteiger partial charge in [-0.2, -0.15) is 0 Å². The lowest BCUT2D eigenvalue weighted by Gasteiger charge is -2.13. The molecule has 0 radical (unpaired) electrons. The topological polar surface area (TPSA) is 102 Å². The van der Waals surface area contributed by atoms with E-state index in [1.165, 1.54) is 4.90 Å². The zero-order valence-corrected chi connectivity index (χ0v) is 20.1. The first-order valence-corrected chi connectivity index (χ1v) is 11.7. The maximum atomic E-state index is 12.2. The van der Waals surface area contributed by atoms with Crippen molar-refractivity contribution in [1.29, 1.82) is 0 Å². The van der Waals surface area contributed by atoms with Crippen LogP contribution >= 0.6 is 0 Å². The Morgan fingerprint density at radius 1 is 0.571 bits per heavy atom. The molecule has 194 valence electrons. The highest BCUT2D eigenvalue weighted by Crippen LogP contribution is 2.21. The fraction of sp³-hybridized carbons (Fsp3) is 0.600. The van der Waals surface area contributed by atoms with Gasteiger partial charge in [-0.1, -0.05) is 18.1 Å². The summed E-state index contributed by atoms with van der Waals surface area (Å²) < 4.78 is 37.5. The standard InChI is InChI=1S/C25H35NO9/c1-2-8-29-10-12-31-14-16-33-18-20-35-21-19-34-17-15-32-13-11-30-9-7-26-24(27)22-5-3-4-6-23(22)25(26)28/h1,3-6H,7-21H2. The quantitative estimate of drug-likeness (QED) is 0.133. The van der Waals surface area contributed by atoms with Crippen LogP contribution in [0.5, 0.6) is 0 Å². The second-order valence-corrected chi connectivity index (χ2v) is 7.24. The molecule has 0 aliphatic carbocycles. The molecule has 0 unspecified atom stereocenters. The molecule has 0 N–H and O–H groups in total. The van der Waals surface area contributed by atoms with Gasteiger partial charge in [0.25, 0.3) is 11.8 Å². The number of hydrogen-bond donors (Lipinski definition) is 0. The van der Waals surface area contributed by atoms with E-state index < -0.39 is 0 Å². The van der Waals surface area contributed by atoms with Crippen LogP contribution < -0.4 is 0 Å². The van der Waals surface area contributed by atoms with Crippen molar-refractivity contribution in [3.05, 3.63) is 35.4 Å². The van der Waals surface area contributed by atoms with E-state index in [0.717, 1.165) is 0 Å². The van der Waals surface area contributed by atoms with Crippen LogP contribution in [0, 0.1) is 12.3 Å². The molecule has 35 heavy (non-hydrogen) atoms. The number of rotatable bonds is 22. The zero-order valence-electron chi connectivity index (χ0n) is 20.1. The van der Waals surface area contributed by atoms with Gasteiger partial charge in [0.2, 0.25) is 0 Å². The van der Waals surface area contributed by atoms with Gasteiger partial charge in [-0.25, -0.2) is 0 Å². The van der Waals surface area contributed by atoms with Gasteiger partial charge in [-0.15, -0.1) is 6.42 Å². The summed E-state index contributed by atoms with van der Waals surface area (Å²) in [5.74, 6) is 1.84. The molecule has 0 aromatic heterocycles. The number of fused-ring (bicyclic) bond motifs is 1. The lowest BCUT2D eigenvalue weighted by molar-refractivity contribution is -0.0200. The molecule has 2 rings (SSSR count). The van der Waals surface area contributed by atoms with Gasteiger partial charge in [-0.3, -0.25) is 14.5 Å². The summed E-state index contributed by atoms with van der Waals surface area (Å²) in [5.41, 5.74) is 0.889. The van der Waals surface area contributed by atoms with E-state index in [-0.39, 0.29) is 25.0 Å². The van der Waals surface area contributed by atoms with Crippen LogP contribution in [0.2, 0.25) is 0 Å². The molecule has 0 saturated carbocycles. The lowest BCUT2D eigenvalue weighted by Crippen LogP contribution is -2.33. The number of carbonyl (C=O) groups excluding carboxylic acids is 2. The summed E-state index contributed by atoms with van der Waals surface area (Å²) in [6.07, 6.45) is 5.06. The summed E-state index contributed by atoms with van der Waals surface area (Å²) in [5, 5.41) is 0. The second-order valence-electron chi connectivity index (χ2n) is 7.24. The number of benzene rings is 1. The maximum Gasteiger partial charge on any atom is 0.261 e. The van der Waals surface area contributed by atoms with Crippen molar-refractivity contribution < 1.29 is 42.7 Å². The predicted octanol–water partition coefficient (Wildman–Crippen LogP) is 1.03. The number of hydrogen-bond acceptors (Lipinski definition) is 9. The molecule has 0 fully saturated rings. The average molecular weight is 494 g/mol. The second kappa shape index (κ2) is 18.9. The first kappa shape index (κ1) is 28.9. The minimum atomic E-state index is -0.275. The Morgan fingerprint density at radius 2 is 0.914 bits per heavy atom. The number of nitrogens with zero attached hydrogens (tertiary/aromatic N) is 1. The van der Waals surface area contributed by atoms with Gasteiger partial charge in [0.1, 0.15) is 6.61 Å². The third kappa shape index (κ3) is 11.7. The van der Waals surface area contributed by atoms with E-state index in [0.29, 0.717) is 97.0 Å². The minimum absolute atomic E-state index is 0.220.